The van der Waals surface area contributed by atoms with Crippen molar-refractivity contribution in [3.63, 3.8) is 0 Å². The van der Waals surface area contributed by atoms with E-state index in [1.54, 1.807) is 24.3 Å². The van der Waals surface area contributed by atoms with Crippen molar-refractivity contribution in [1.29, 1.82) is 0 Å². The summed E-state index contributed by atoms with van der Waals surface area (Å²) in [6.45, 7) is 11.7. The second kappa shape index (κ2) is 13.4. The molecule has 0 aliphatic rings. The molecule has 0 fully saturated rings. The minimum absolute atomic E-state index is 0.211. The van der Waals surface area contributed by atoms with Crippen LogP contribution in [0, 0.1) is 11.3 Å². The lowest BCUT2D eigenvalue weighted by Crippen LogP contribution is -2.18. The summed E-state index contributed by atoms with van der Waals surface area (Å²) < 4.78 is 10.7. The Labute approximate surface area is 177 Å². The third-order valence-corrected chi connectivity index (χ3v) is 4.80. The van der Waals surface area contributed by atoms with Gasteiger partial charge in [0.25, 0.3) is 0 Å². The maximum absolute atomic E-state index is 12.2. The molecule has 0 N–H and O–H groups in total. The van der Waals surface area contributed by atoms with Gasteiger partial charge in [0.1, 0.15) is 0 Å². The molecule has 29 heavy (non-hydrogen) atoms. The summed E-state index contributed by atoms with van der Waals surface area (Å²) in [6, 6.07) is 6.51. The normalized spacial score (nSPS) is 12.4. The predicted molar refractivity (Wildman–Crippen MR) is 118 cm³/mol. The monoisotopic (exact) mass is 404 g/mol. The van der Waals surface area contributed by atoms with Crippen LogP contribution in [0.25, 0.3) is 0 Å². The maximum Gasteiger partial charge on any atom is 0.338 e. The van der Waals surface area contributed by atoms with Gasteiger partial charge in [-0.25, -0.2) is 9.59 Å². The van der Waals surface area contributed by atoms with E-state index in [1.165, 1.54) is 32.1 Å². The molecule has 1 rings (SSSR count). The highest BCUT2D eigenvalue weighted by Crippen LogP contribution is 2.24. The Bertz CT molecular complexity index is 598. The Morgan fingerprint density at radius 2 is 1.31 bits per heavy atom. The molecular formula is C25H40O4. The molecule has 0 bridgehead atoms. The number of ether oxygens (including phenoxy) is 2. The zero-order valence-corrected chi connectivity index (χ0v) is 19.1. The third-order valence-electron chi connectivity index (χ3n) is 4.80. The SMILES string of the molecule is CCCCCCCCCOC(=O)c1ccc(C(=O)OCC(C)CC(C)(C)C)cc1. The van der Waals surface area contributed by atoms with E-state index in [0.29, 0.717) is 30.3 Å². The number of hydrogen-bond donors (Lipinski definition) is 0. The van der Waals surface area contributed by atoms with Gasteiger partial charge in [-0.15, -0.1) is 0 Å². The zero-order valence-electron chi connectivity index (χ0n) is 19.1. The minimum Gasteiger partial charge on any atom is -0.462 e. The van der Waals surface area contributed by atoms with Gasteiger partial charge >= 0.3 is 11.9 Å². The number of unbranched alkanes of at least 4 members (excludes halogenated alkanes) is 6. The zero-order chi connectivity index (χ0) is 21.7. The summed E-state index contributed by atoms with van der Waals surface area (Å²) >= 11 is 0. The molecule has 0 spiro atoms. The van der Waals surface area contributed by atoms with Crippen LogP contribution in [0.2, 0.25) is 0 Å². The van der Waals surface area contributed by atoms with Crippen LogP contribution in [-0.2, 0) is 9.47 Å². The van der Waals surface area contributed by atoms with Gasteiger partial charge in [0.05, 0.1) is 24.3 Å². The van der Waals surface area contributed by atoms with Crippen molar-refractivity contribution in [2.75, 3.05) is 13.2 Å². The Balaban J connectivity index is 2.31. The van der Waals surface area contributed by atoms with E-state index in [-0.39, 0.29) is 17.4 Å². The van der Waals surface area contributed by atoms with Gasteiger partial charge < -0.3 is 9.47 Å². The highest BCUT2D eigenvalue weighted by atomic mass is 16.5. The molecule has 0 aliphatic carbocycles. The second-order valence-electron chi connectivity index (χ2n) is 9.30. The molecule has 0 heterocycles. The first-order valence-electron chi connectivity index (χ1n) is 11.2. The first kappa shape index (κ1) is 25.2. The van der Waals surface area contributed by atoms with Crippen LogP contribution in [0.3, 0.4) is 0 Å². The van der Waals surface area contributed by atoms with Crippen molar-refractivity contribution in [1.82, 2.24) is 0 Å². The summed E-state index contributed by atoms with van der Waals surface area (Å²) in [5, 5.41) is 0. The maximum atomic E-state index is 12.2. The van der Waals surface area contributed by atoms with Crippen molar-refractivity contribution < 1.29 is 19.1 Å². The number of hydrogen-bond acceptors (Lipinski definition) is 4. The van der Waals surface area contributed by atoms with Gasteiger partial charge in [-0.3, -0.25) is 0 Å². The molecule has 1 aromatic carbocycles. The minimum atomic E-state index is -0.353. The van der Waals surface area contributed by atoms with E-state index >= 15 is 0 Å². The highest BCUT2D eigenvalue weighted by Gasteiger charge is 2.17. The molecule has 0 aromatic heterocycles. The van der Waals surface area contributed by atoms with Gasteiger partial charge in [-0.05, 0) is 48.4 Å². The van der Waals surface area contributed by atoms with E-state index in [2.05, 4.69) is 34.6 Å². The van der Waals surface area contributed by atoms with Crippen molar-refractivity contribution >= 4 is 11.9 Å². The fraction of sp³-hybridized carbons (Fsp3) is 0.680. The topological polar surface area (TPSA) is 52.6 Å². The van der Waals surface area contributed by atoms with E-state index in [1.807, 2.05) is 0 Å². The smallest absolute Gasteiger partial charge is 0.338 e. The Kier molecular flexibility index (Phi) is 11.6. The molecule has 4 heteroatoms. The quantitative estimate of drug-likeness (QED) is 0.267. The second-order valence-corrected chi connectivity index (χ2v) is 9.30. The van der Waals surface area contributed by atoms with Crippen molar-refractivity contribution in [2.24, 2.45) is 11.3 Å². The Hall–Kier alpha value is -1.84. The van der Waals surface area contributed by atoms with Crippen LogP contribution < -0.4 is 0 Å². The molecule has 1 unspecified atom stereocenters. The standard InChI is InChI=1S/C25H40O4/c1-6-7-8-9-10-11-12-17-28-23(26)21-13-15-22(16-14-21)24(27)29-19-20(2)18-25(3,4)5/h13-16,20H,6-12,17-19H2,1-5H3. The molecule has 1 aromatic rings. The van der Waals surface area contributed by atoms with Crippen LogP contribution in [0.4, 0.5) is 0 Å². The third kappa shape index (κ3) is 11.7. The number of benzene rings is 1. The van der Waals surface area contributed by atoms with Gasteiger partial charge in [0.15, 0.2) is 0 Å². The van der Waals surface area contributed by atoms with E-state index < -0.39 is 0 Å². The molecule has 1 atom stereocenters. The first-order chi connectivity index (χ1) is 13.7. The molecule has 0 amide bonds. The number of carbonyl (C=O) groups is 2. The summed E-state index contributed by atoms with van der Waals surface area (Å²) in [4.78, 5) is 24.3. The molecule has 4 nitrogen and oxygen atoms in total. The van der Waals surface area contributed by atoms with Crippen molar-refractivity contribution in [3.05, 3.63) is 35.4 Å². The number of rotatable bonds is 13. The average Bonchev–Trinajstić information content (AvgIpc) is 2.66. The molecule has 0 saturated carbocycles. The lowest BCUT2D eigenvalue weighted by molar-refractivity contribution is 0.0418. The van der Waals surface area contributed by atoms with E-state index in [4.69, 9.17) is 9.47 Å². The van der Waals surface area contributed by atoms with Gasteiger partial charge in [-0.1, -0.05) is 73.1 Å². The lowest BCUT2D eigenvalue weighted by atomic mass is 9.86. The van der Waals surface area contributed by atoms with Crippen LogP contribution in [0.5, 0.6) is 0 Å². The molecule has 0 radical (unpaired) electrons. The average molecular weight is 405 g/mol. The summed E-state index contributed by atoms with van der Waals surface area (Å²) in [5.74, 6) is -0.386. The summed E-state index contributed by atoms with van der Waals surface area (Å²) in [6.07, 6.45) is 9.28. The predicted octanol–water partition coefficient (Wildman–Crippen LogP) is 6.82. The number of esters is 2. The van der Waals surface area contributed by atoms with Gasteiger partial charge in [0.2, 0.25) is 0 Å². The van der Waals surface area contributed by atoms with Crippen molar-refractivity contribution in [3.8, 4) is 0 Å². The van der Waals surface area contributed by atoms with Crippen LogP contribution in [0.1, 0.15) is 107 Å². The highest BCUT2D eigenvalue weighted by molar-refractivity contribution is 5.93. The number of carbonyl (C=O) groups excluding carboxylic acids is 2. The molecular weight excluding hydrogens is 364 g/mol. The van der Waals surface area contributed by atoms with Gasteiger partial charge in [-0.2, -0.15) is 0 Å². The van der Waals surface area contributed by atoms with E-state index in [0.717, 1.165) is 19.3 Å². The summed E-state index contributed by atoms with van der Waals surface area (Å²) in [5.41, 5.74) is 1.13. The molecule has 0 saturated heterocycles. The van der Waals surface area contributed by atoms with Crippen molar-refractivity contribution in [2.45, 2.75) is 86.0 Å². The lowest BCUT2D eigenvalue weighted by Gasteiger charge is -2.22. The first-order valence-corrected chi connectivity index (χ1v) is 11.2. The van der Waals surface area contributed by atoms with Crippen LogP contribution in [-0.4, -0.2) is 25.2 Å². The Morgan fingerprint density at radius 3 is 1.83 bits per heavy atom. The molecule has 164 valence electrons. The Morgan fingerprint density at radius 1 is 0.828 bits per heavy atom. The summed E-state index contributed by atoms with van der Waals surface area (Å²) in [7, 11) is 0. The van der Waals surface area contributed by atoms with Gasteiger partial charge in [0, 0.05) is 0 Å². The fourth-order valence-electron chi connectivity index (χ4n) is 3.46. The van der Waals surface area contributed by atoms with Crippen LogP contribution in [0.15, 0.2) is 24.3 Å². The van der Waals surface area contributed by atoms with Crippen LogP contribution >= 0.6 is 0 Å². The van der Waals surface area contributed by atoms with E-state index in [9.17, 15) is 9.59 Å². The fourth-order valence-corrected chi connectivity index (χ4v) is 3.46. The molecule has 0 aliphatic heterocycles. The largest absolute Gasteiger partial charge is 0.462 e.